The predicted molar refractivity (Wildman–Crippen MR) is 98.0 cm³/mol. The van der Waals surface area contributed by atoms with Crippen molar-refractivity contribution in [2.24, 2.45) is 0 Å². The number of nitrogens with zero attached hydrogens (tertiary/aromatic N) is 2. The van der Waals surface area contributed by atoms with Gasteiger partial charge in [-0.2, -0.15) is 0 Å². The molecule has 0 spiro atoms. The van der Waals surface area contributed by atoms with E-state index in [4.69, 9.17) is 0 Å². The third-order valence-corrected chi connectivity index (χ3v) is 4.93. The minimum atomic E-state index is -0.373. The average Bonchev–Trinajstić information content (AvgIpc) is 2.56. The van der Waals surface area contributed by atoms with Crippen molar-refractivity contribution in [1.29, 1.82) is 0 Å². The second-order valence-corrected chi connectivity index (χ2v) is 6.89. The zero-order chi connectivity index (χ0) is 18.0. The first-order valence-electron chi connectivity index (χ1n) is 8.76. The van der Waals surface area contributed by atoms with Gasteiger partial charge in [-0.05, 0) is 69.4 Å². The Morgan fingerprint density at radius 1 is 1.20 bits per heavy atom. The first-order valence-corrected chi connectivity index (χ1v) is 8.76. The summed E-state index contributed by atoms with van der Waals surface area (Å²) < 4.78 is 13.5. The summed E-state index contributed by atoms with van der Waals surface area (Å²) in [6, 6.07) is 7.54. The molecule has 2 aromatic rings. The van der Waals surface area contributed by atoms with Gasteiger partial charge in [0.2, 0.25) is 0 Å². The third-order valence-electron chi connectivity index (χ3n) is 4.93. The number of halogens is 1. The first-order chi connectivity index (χ1) is 12.0. The molecule has 132 valence electrons. The Morgan fingerprint density at radius 2 is 1.92 bits per heavy atom. The van der Waals surface area contributed by atoms with Crippen LogP contribution < -0.4 is 5.32 Å². The molecule has 4 nitrogen and oxygen atoms in total. The predicted octanol–water partition coefficient (Wildman–Crippen LogP) is 4.99. The molecule has 1 aliphatic heterocycles. The average molecular weight is 341 g/mol. The third kappa shape index (κ3) is 3.81. The summed E-state index contributed by atoms with van der Waals surface area (Å²) in [5.74, 6) is -0.373. The van der Waals surface area contributed by atoms with Gasteiger partial charge in [0.05, 0.1) is 6.20 Å². The zero-order valence-electron chi connectivity index (χ0n) is 14.9. The molecule has 3 rings (SSSR count). The summed E-state index contributed by atoms with van der Waals surface area (Å²) in [7, 11) is 0. The number of nitrogens with one attached hydrogen (secondary N) is 1. The van der Waals surface area contributed by atoms with E-state index in [1.54, 1.807) is 6.20 Å². The van der Waals surface area contributed by atoms with Gasteiger partial charge in [-0.1, -0.05) is 6.07 Å². The Kier molecular flexibility index (Phi) is 5.02. The van der Waals surface area contributed by atoms with Crippen LogP contribution in [0.25, 0.3) is 11.1 Å². The van der Waals surface area contributed by atoms with Crippen LogP contribution in [-0.4, -0.2) is 28.0 Å². The van der Waals surface area contributed by atoms with Crippen molar-refractivity contribution in [2.75, 3.05) is 5.32 Å². The summed E-state index contributed by atoms with van der Waals surface area (Å²) in [4.78, 5) is 18.6. The molecule has 25 heavy (non-hydrogen) atoms. The molecule has 0 radical (unpaired) electrons. The number of aromatic nitrogens is 1. The van der Waals surface area contributed by atoms with Crippen LogP contribution in [0.4, 0.5) is 14.9 Å². The molecular formula is C20H24FN3O. The molecule has 0 saturated carbocycles. The number of anilines is 1. The van der Waals surface area contributed by atoms with E-state index in [-0.39, 0.29) is 23.9 Å². The van der Waals surface area contributed by atoms with Crippen molar-refractivity contribution < 1.29 is 9.18 Å². The lowest BCUT2D eigenvalue weighted by Gasteiger charge is -2.38. The van der Waals surface area contributed by atoms with Gasteiger partial charge in [0.25, 0.3) is 0 Å². The maximum Gasteiger partial charge on any atom is 0.322 e. The number of benzene rings is 1. The van der Waals surface area contributed by atoms with Crippen LogP contribution in [0.15, 0.2) is 36.7 Å². The van der Waals surface area contributed by atoms with Gasteiger partial charge in [-0.15, -0.1) is 0 Å². The monoisotopic (exact) mass is 341 g/mol. The number of hydrogen-bond acceptors (Lipinski definition) is 2. The molecule has 0 aliphatic carbocycles. The van der Waals surface area contributed by atoms with E-state index < -0.39 is 0 Å². The first kappa shape index (κ1) is 17.4. The van der Waals surface area contributed by atoms with Crippen molar-refractivity contribution in [3.8, 4) is 11.1 Å². The van der Waals surface area contributed by atoms with Gasteiger partial charge in [-0.3, -0.25) is 4.98 Å². The Morgan fingerprint density at radius 3 is 2.60 bits per heavy atom. The van der Waals surface area contributed by atoms with Crippen LogP contribution in [0.1, 0.15) is 38.7 Å². The summed E-state index contributed by atoms with van der Waals surface area (Å²) in [5.41, 5.74) is 3.28. The van der Waals surface area contributed by atoms with Crippen LogP contribution in [0.2, 0.25) is 0 Å². The van der Waals surface area contributed by atoms with E-state index >= 15 is 0 Å². The highest BCUT2D eigenvalue weighted by molar-refractivity contribution is 5.91. The fourth-order valence-corrected chi connectivity index (χ4v) is 3.58. The lowest BCUT2D eigenvalue weighted by Crippen LogP contribution is -2.49. The van der Waals surface area contributed by atoms with Gasteiger partial charge in [0, 0.05) is 29.5 Å². The van der Waals surface area contributed by atoms with E-state index in [0.717, 1.165) is 30.4 Å². The van der Waals surface area contributed by atoms with Crippen LogP contribution in [0, 0.1) is 12.7 Å². The molecular weight excluding hydrogens is 317 g/mol. The number of piperidine rings is 1. The molecule has 2 atom stereocenters. The summed E-state index contributed by atoms with van der Waals surface area (Å²) in [6.45, 7) is 6.14. The van der Waals surface area contributed by atoms with Gasteiger partial charge < -0.3 is 10.2 Å². The number of hydrogen-bond donors (Lipinski definition) is 1. The number of amides is 2. The molecule has 2 unspecified atom stereocenters. The quantitative estimate of drug-likeness (QED) is 0.836. The summed E-state index contributed by atoms with van der Waals surface area (Å²) >= 11 is 0. The van der Waals surface area contributed by atoms with Crippen LogP contribution in [-0.2, 0) is 0 Å². The van der Waals surface area contributed by atoms with Gasteiger partial charge in [0.15, 0.2) is 0 Å². The van der Waals surface area contributed by atoms with Crippen LogP contribution in [0.3, 0.4) is 0 Å². The van der Waals surface area contributed by atoms with Crippen molar-refractivity contribution >= 4 is 11.7 Å². The topological polar surface area (TPSA) is 45.2 Å². The molecule has 1 fully saturated rings. The van der Waals surface area contributed by atoms with Crippen molar-refractivity contribution in [1.82, 2.24) is 9.88 Å². The second-order valence-electron chi connectivity index (χ2n) is 6.89. The molecule has 2 heterocycles. The summed E-state index contributed by atoms with van der Waals surface area (Å²) in [5, 5.41) is 3.00. The molecule has 0 bridgehead atoms. The van der Waals surface area contributed by atoms with Crippen molar-refractivity contribution in [2.45, 2.75) is 52.1 Å². The Hall–Kier alpha value is -2.43. The molecule has 1 saturated heterocycles. The van der Waals surface area contributed by atoms with Crippen LogP contribution in [0.5, 0.6) is 0 Å². The van der Waals surface area contributed by atoms with Gasteiger partial charge in [-0.25, -0.2) is 9.18 Å². The largest absolute Gasteiger partial charge is 0.322 e. The number of likely N-dealkylation sites (tertiary alicyclic amines) is 1. The molecule has 1 aromatic carbocycles. The molecule has 1 aromatic heterocycles. The van der Waals surface area contributed by atoms with Gasteiger partial charge >= 0.3 is 6.03 Å². The number of aryl methyl sites for hydroxylation is 1. The molecule has 5 heteroatoms. The number of carbonyl (C=O) groups excluding carboxylic acids is 1. The summed E-state index contributed by atoms with van der Waals surface area (Å²) in [6.07, 6.45) is 6.04. The second kappa shape index (κ2) is 7.21. The highest BCUT2D eigenvalue weighted by atomic mass is 19.1. The standard InChI is InChI=1S/C20H24FN3O/c1-13-7-8-18(10-19(13)16-9-17(21)12-22-11-16)23-20(25)24-14(2)5-4-6-15(24)3/h7-12,14-15H,4-6H2,1-3H3,(H,23,25). The van der Waals surface area contributed by atoms with E-state index in [9.17, 15) is 9.18 Å². The highest BCUT2D eigenvalue weighted by Gasteiger charge is 2.28. The van der Waals surface area contributed by atoms with E-state index in [2.05, 4.69) is 24.1 Å². The normalized spacial score (nSPS) is 20.4. The smallest absolute Gasteiger partial charge is 0.319 e. The van der Waals surface area contributed by atoms with Crippen molar-refractivity contribution in [3.63, 3.8) is 0 Å². The number of pyridine rings is 1. The van der Waals surface area contributed by atoms with Crippen molar-refractivity contribution in [3.05, 3.63) is 48.0 Å². The SMILES string of the molecule is Cc1ccc(NC(=O)N2C(C)CCCC2C)cc1-c1cncc(F)c1. The molecule has 1 aliphatic rings. The molecule has 1 N–H and O–H groups in total. The minimum absolute atomic E-state index is 0.0770. The lowest BCUT2D eigenvalue weighted by atomic mass is 9.98. The van der Waals surface area contributed by atoms with Gasteiger partial charge in [0.1, 0.15) is 5.82 Å². The van der Waals surface area contributed by atoms with E-state index in [0.29, 0.717) is 11.3 Å². The number of carbonyl (C=O) groups is 1. The van der Waals surface area contributed by atoms with E-state index in [1.807, 2.05) is 30.0 Å². The Labute approximate surface area is 148 Å². The number of rotatable bonds is 2. The fraction of sp³-hybridized carbons (Fsp3) is 0.400. The fourth-order valence-electron chi connectivity index (χ4n) is 3.58. The Bertz CT molecular complexity index is 767. The maximum atomic E-state index is 13.5. The maximum absolute atomic E-state index is 13.5. The number of urea groups is 1. The van der Waals surface area contributed by atoms with E-state index in [1.165, 1.54) is 12.3 Å². The molecule has 2 amide bonds. The highest BCUT2D eigenvalue weighted by Crippen LogP contribution is 2.28. The Balaban J connectivity index is 1.84. The zero-order valence-corrected chi connectivity index (χ0v) is 14.9. The minimum Gasteiger partial charge on any atom is -0.319 e. The van der Waals surface area contributed by atoms with Crippen LogP contribution >= 0.6 is 0 Å². The lowest BCUT2D eigenvalue weighted by molar-refractivity contribution is 0.133.